The van der Waals surface area contributed by atoms with E-state index in [1.165, 1.54) is 38.5 Å². The third-order valence-corrected chi connectivity index (χ3v) is 4.76. The Balaban J connectivity index is 1.68. The number of ether oxygens (including phenoxy) is 1. The highest BCUT2D eigenvalue weighted by Gasteiger charge is 2.34. The lowest BCUT2D eigenvalue weighted by Gasteiger charge is -2.31. The number of halogens is 1. The highest BCUT2D eigenvalue weighted by Crippen LogP contribution is 2.44. The third-order valence-electron chi connectivity index (χ3n) is 4.52. The minimum absolute atomic E-state index is 0.576. The number of anilines is 1. The average Bonchev–Trinajstić information content (AvgIpc) is 3.24. The molecular weight excluding hydrogens is 258 g/mol. The van der Waals surface area contributed by atoms with Gasteiger partial charge >= 0.3 is 0 Å². The maximum absolute atomic E-state index is 6.09. The Morgan fingerprint density at radius 3 is 2.74 bits per heavy atom. The molecule has 2 saturated carbocycles. The lowest BCUT2D eigenvalue weighted by atomic mass is 9.82. The SMILES string of the molecule is COc1ccc(Cl)cc1NC1CCCC(C2CC2)C1. The van der Waals surface area contributed by atoms with Gasteiger partial charge in [-0.1, -0.05) is 24.4 Å². The van der Waals surface area contributed by atoms with Crippen LogP contribution in [0.5, 0.6) is 5.75 Å². The van der Waals surface area contributed by atoms with Crippen molar-refractivity contribution in [2.45, 2.75) is 44.6 Å². The van der Waals surface area contributed by atoms with E-state index in [-0.39, 0.29) is 0 Å². The van der Waals surface area contributed by atoms with E-state index in [4.69, 9.17) is 16.3 Å². The molecule has 0 aliphatic heterocycles. The molecular formula is C16H22ClNO. The summed E-state index contributed by atoms with van der Waals surface area (Å²) in [6.07, 6.45) is 8.26. The zero-order valence-electron chi connectivity index (χ0n) is 11.5. The standard InChI is InChI=1S/C16H22ClNO/c1-19-16-8-7-13(17)10-15(16)18-14-4-2-3-12(9-14)11-5-6-11/h7-8,10-12,14,18H,2-6,9H2,1H3. The minimum atomic E-state index is 0.576. The lowest BCUT2D eigenvalue weighted by molar-refractivity contribution is 0.302. The summed E-state index contributed by atoms with van der Waals surface area (Å²) in [5, 5.41) is 4.41. The Morgan fingerprint density at radius 1 is 1.16 bits per heavy atom. The average molecular weight is 280 g/mol. The van der Waals surface area contributed by atoms with Crippen LogP contribution in [0, 0.1) is 11.8 Å². The van der Waals surface area contributed by atoms with Crippen molar-refractivity contribution in [2.75, 3.05) is 12.4 Å². The highest BCUT2D eigenvalue weighted by molar-refractivity contribution is 6.30. The second-order valence-corrected chi connectivity index (χ2v) is 6.39. The Labute approximate surface area is 120 Å². The van der Waals surface area contributed by atoms with Gasteiger partial charge in [0.05, 0.1) is 12.8 Å². The molecule has 19 heavy (non-hydrogen) atoms. The zero-order chi connectivity index (χ0) is 13.2. The van der Waals surface area contributed by atoms with Crippen LogP contribution < -0.4 is 10.1 Å². The molecule has 1 N–H and O–H groups in total. The molecule has 0 amide bonds. The number of nitrogens with one attached hydrogen (secondary N) is 1. The first-order chi connectivity index (χ1) is 9.26. The topological polar surface area (TPSA) is 21.3 Å². The van der Waals surface area contributed by atoms with Crippen molar-refractivity contribution < 1.29 is 4.74 Å². The van der Waals surface area contributed by atoms with Gasteiger partial charge < -0.3 is 10.1 Å². The van der Waals surface area contributed by atoms with Crippen LogP contribution in [0.25, 0.3) is 0 Å². The van der Waals surface area contributed by atoms with Crippen LogP contribution >= 0.6 is 11.6 Å². The van der Waals surface area contributed by atoms with E-state index >= 15 is 0 Å². The molecule has 2 fully saturated rings. The smallest absolute Gasteiger partial charge is 0.142 e. The fourth-order valence-electron chi connectivity index (χ4n) is 3.37. The molecule has 2 aliphatic rings. The predicted molar refractivity (Wildman–Crippen MR) is 80.1 cm³/mol. The van der Waals surface area contributed by atoms with E-state index in [0.717, 1.165) is 28.3 Å². The van der Waals surface area contributed by atoms with Gasteiger partial charge in [-0.25, -0.2) is 0 Å². The van der Waals surface area contributed by atoms with Gasteiger partial charge in [-0.05, 0) is 55.7 Å². The molecule has 0 heterocycles. The largest absolute Gasteiger partial charge is 0.495 e. The van der Waals surface area contributed by atoms with Crippen molar-refractivity contribution in [2.24, 2.45) is 11.8 Å². The van der Waals surface area contributed by atoms with Gasteiger partial charge in [0, 0.05) is 11.1 Å². The van der Waals surface area contributed by atoms with Crippen molar-refractivity contribution >= 4 is 17.3 Å². The Morgan fingerprint density at radius 2 is 2.00 bits per heavy atom. The first-order valence-corrected chi connectivity index (χ1v) is 7.74. The number of rotatable bonds is 4. The first-order valence-electron chi connectivity index (χ1n) is 7.36. The summed E-state index contributed by atoms with van der Waals surface area (Å²) in [7, 11) is 1.71. The highest BCUT2D eigenvalue weighted by atomic mass is 35.5. The van der Waals surface area contributed by atoms with Gasteiger partial charge in [0.15, 0.2) is 0 Å². The van der Waals surface area contributed by atoms with Crippen LogP contribution in [0.1, 0.15) is 38.5 Å². The fraction of sp³-hybridized carbons (Fsp3) is 0.625. The summed E-state index contributed by atoms with van der Waals surface area (Å²) < 4.78 is 5.41. The summed E-state index contributed by atoms with van der Waals surface area (Å²) in [4.78, 5) is 0. The number of hydrogen-bond acceptors (Lipinski definition) is 2. The second kappa shape index (κ2) is 5.62. The molecule has 1 aromatic rings. The van der Waals surface area contributed by atoms with Gasteiger partial charge in [-0.3, -0.25) is 0 Å². The third kappa shape index (κ3) is 3.17. The van der Waals surface area contributed by atoms with Crippen LogP contribution in [0.3, 0.4) is 0 Å². The van der Waals surface area contributed by atoms with E-state index < -0.39 is 0 Å². The van der Waals surface area contributed by atoms with E-state index in [1.807, 2.05) is 18.2 Å². The number of methoxy groups -OCH3 is 1. The molecule has 104 valence electrons. The summed E-state index contributed by atoms with van der Waals surface area (Å²) in [6, 6.07) is 6.36. The molecule has 0 radical (unpaired) electrons. The Hall–Kier alpha value is -0.890. The molecule has 3 rings (SSSR count). The van der Waals surface area contributed by atoms with Gasteiger partial charge in [0.25, 0.3) is 0 Å². The molecule has 2 nitrogen and oxygen atoms in total. The maximum Gasteiger partial charge on any atom is 0.142 e. The molecule has 2 aliphatic carbocycles. The second-order valence-electron chi connectivity index (χ2n) is 5.95. The van der Waals surface area contributed by atoms with Crippen molar-refractivity contribution in [3.63, 3.8) is 0 Å². The zero-order valence-corrected chi connectivity index (χ0v) is 12.2. The lowest BCUT2D eigenvalue weighted by Crippen LogP contribution is -2.28. The van der Waals surface area contributed by atoms with Crippen LogP contribution in [-0.4, -0.2) is 13.2 Å². The number of benzene rings is 1. The molecule has 2 atom stereocenters. The normalized spacial score (nSPS) is 27.1. The van der Waals surface area contributed by atoms with Gasteiger partial charge in [-0.2, -0.15) is 0 Å². The van der Waals surface area contributed by atoms with E-state index in [1.54, 1.807) is 7.11 Å². The molecule has 0 bridgehead atoms. The molecule has 3 heteroatoms. The summed E-state index contributed by atoms with van der Waals surface area (Å²) in [5.74, 6) is 2.85. The van der Waals surface area contributed by atoms with Crippen molar-refractivity contribution in [1.82, 2.24) is 0 Å². The van der Waals surface area contributed by atoms with Crippen LogP contribution in [0.4, 0.5) is 5.69 Å². The minimum Gasteiger partial charge on any atom is -0.495 e. The summed E-state index contributed by atoms with van der Waals surface area (Å²) >= 11 is 6.09. The Bertz CT molecular complexity index is 444. The van der Waals surface area contributed by atoms with Gasteiger partial charge in [0.2, 0.25) is 0 Å². The van der Waals surface area contributed by atoms with Gasteiger partial charge in [0.1, 0.15) is 5.75 Å². The molecule has 0 aromatic heterocycles. The summed E-state index contributed by atoms with van der Waals surface area (Å²) in [5.41, 5.74) is 1.04. The molecule has 0 spiro atoms. The molecule has 1 aromatic carbocycles. The predicted octanol–water partition coefficient (Wildman–Crippen LogP) is 4.73. The Kier molecular flexibility index (Phi) is 3.88. The van der Waals surface area contributed by atoms with E-state index in [2.05, 4.69) is 5.32 Å². The quantitative estimate of drug-likeness (QED) is 0.860. The van der Waals surface area contributed by atoms with Crippen molar-refractivity contribution in [3.8, 4) is 5.75 Å². The van der Waals surface area contributed by atoms with Crippen molar-refractivity contribution in [3.05, 3.63) is 23.2 Å². The first kappa shape index (κ1) is 13.1. The van der Waals surface area contributed by atoms with E-state index in [9.17, 15) is 0 Å². The maximum atomic E-state index is 6.09. The number of hydrogen-bond donors (Lipinski definition) is 1. The molecule has 2 unspecified atom stereocenters. The van der Waals surface area contributed by atoms with Crippen LogP contribution in [0.15, 0.2) is 18.2 Å². The summed E-state index contributed by atoms with van der Waals surface area (Å²) in [6.45, 7) is 0. The molecule has 0 saturated heterocycles. The van der Waals surface area contributed by atoms with E-state index in [0.29, 0.717) is 6.04 Å². The van der Waals surface area contributed by atoms with Crippen LogP contribution in [0.2, 0.25) is 5.02 Å². The van der Waals surface area contributed by atoms with Crippen LogP contribution in [-0.2, 0) is 0 Å². The van der Waals surface area contributed by atoms with Crippen molar-refractivity contribution in [1.29, 1.82) is 0 Å². The monoisotopic (exact) mass is 279 g/mol. The van der Waals surface area contributed by atoms with Gasteiger partial charge in [-0.15, -0.1) is 0 Å². The fourth-order valence-corrected chi connectivity index (χ4v) is 3.54.